The van der Waals surface area contributed by atoms with Crippen molar-refractivity contribution in [3.05, 3.63) is 101 Å². The Labute approximate surface area is 198 Å². The predicted octanol–water partition coefficient (Wildman–Crippen LogP) is 3.92. The normalized spacial score (nSPS) is 18.5. The molecule has 6 nitrogen and oxygen atoms in total. The molecule has 3 aromatic rings. The third-order valence-electron chi connectivity index (χ3n) is 6.42. The van der Waals surface area contributed by atoms with E-state index < -0.39 is 5.54 Å². The molecule has 2 heterocycles. The highest BCUT2D eigenvalue weighted by atomic mass is 35.5. The molecule has 7 heteroatoms. The number of amides is 3. The zero-order chi connectivity index (χ0) is 22.8. The van der Waals surface area contributed by atoms with Crippen molar-refractivity contribution in [3.63, 3.8) is 0 Å². The number of nitrogens with one attached hydrogen (secondary N) is 1. The Balaban J connectivity index is 1.34. The van der Waals surface area contributed by atoms with Gasteiger partial charge in [0, 0.05) is 36.9 Å². The fourth-order valence-corrected chi connectivity index (χ4v) is 4.76. The van der Waals surface area contributed by atoms with Crippen molar-refractivity contribution >= 4 is 29.2 Å². The molecule has 0 spiro atoms. The van der Waals surface area contributed by atoms with Gasteiger partial charge in [-0.2, -0.15) is 0 Å². The maximum absolute atomic E-state index is 13.8. The SMILES string of the molecule is O=C1NC(c2ccccc2)(c2ccccc2)C(=O)N1CN1CCN(c2ccc(Cl)cc2)CC1. The van der Waals surface area contributed by atoms with Gasteiger partial charge < -0.3 is 10.2 Å². The van der Waals surface area contributed by atoms with Gasteiger partial charge in [0.2, 0.25) is 0 Å². The summed E-state index contributed by atoms with van der Waals surface area (Å²) in [6.45, 7) is 3.40. The molecule has 5 rings (SSSR count). The number of carbonyl (C=O) groups excluding carboxylic acids is 2. The summed E-state index contributed by atoms with van der Waals surface area (Å²) >= 11 is 6.01. The Bertz CT molecular complexity index is 1090. The zero-order valence-electron chi connectivity index (χ0n) is 18.2. The number of carbonyl (C=O) groups is 2. The maximum atomic E-state index is 13.8. The van der Waals surface area contributed by atoms with E-state index in [0.29, 0.717) is 0 Å². The molecule has 0 aromatic heterocycles. The minimum absolute atomic E-state index is 0.245. The Morgan fingerprint density at radius 3 is 1.85 bits per heavy atom. The minimum atomic E-state index is -1.22. The Kier molecular flexibility index (Phi) is 5.79. The van der Waals surface area contributed by atoms with Gasteiger partial charge in [-0.25, -0.2) is 9.69 Å². The molecule has 2 aliphatic rings. The summed E-state index contributed by atoms with van der Waals surface area (Å²) in [5.74, 6) is -0.245. The van der Waals surface area contributed by atoms with Crippen LogP contribution in [-0.4, -0.2) is 54.6 Å². The molecule has 0 aliphatic carbocycles. The van der Waals surface area contributed by atoms with Crippen LogP contribution in [-0.2, 0) is 10.3 Å². The summed E-state index contributed by atoms with van der Waals surface area (Å²) < 4.78 is 0. The second-order valence-electron chi connectivity index (χ2n) is 8.37. The topological polar surface area (TPSA) is 55.9 Å². The lowest BCUT2D eigenvalue weighted by Gasteiger charge is -2.37. The summed E-state index contributed by atoms with van der Waals surface area (Å²) in [7, 11) is 0. The Hall–Kier alpha value is -3.35. The van der Waals surface area contributed by atoms with E-state index in [9.17, 15) is 9.59 Å². The average Bonchev–Trinajstić information content (AvgIpc) is 3.12. The molecular weight excluding hydrogens is 436 g/mol. The van der Waals surface area contributed by atoms with Crippen LogP contribution in [0, 0.1) is 0 Å². The first-order valence-corrected chi connectivity index (χ1v) is 11.4. The van der Waals surface area contributed by atoms with E-state index in [-0.39, 0.29) is 18.6 Å². The van der Waals surface area contributed by atoms with E-state index >= 15 is 0 Å². The number of imide groups is 1. The fraction of sp³-hybridized carbons (Fsp3) is 0.231. The highest BCUT2D eigenvalue weighted by Gasteiger charge is 2.53. The van der Waals surface area contributed by atoms with Gasteiger partial charge in [0.1, 0.15) is 0 Å². The summed E-state index contributed by atoms with van der Waals surface area (Å²) in [6, 6.07) is 26.4. The van der Waals surface area contributed by atoms with Crippen LogP contribution in [0.5, 0.6) is 0 Å². The number of anilines is 1. The van der Waals surface area contributed by atoms with Crippen molar-refractivity contribution < 1.29 is 9.59 Å². The van der Waals surface area contributed by atoms with Crippen LogP contribution in [0.25, 0.3) is 0 Å². The Morgan fingerprint density at radius 1 is 0.758 bits per heavy atom. The number of benzene rings is 3. The molecule has 0 atom stereocenters. The summed E-state index contributed by atoms with van der Waals surface area (Å²) in [5, 5.41) is 3.74. The lowest BCUT2D eigenvalue weighted by atomic mass is 9.83. The average molecular weight is 461 g/mol. The first-order chi connectivity index (χ1) is 16.1. The predicted molar refractivity (Wildman–Crippen MR) is 129 cm³/mol. The first-order valence-electron chi connectivity index (χ1n) is 11.1. The second kappa shape index (κ2) is 8.89. The van der Waals surface area contributed by atoms with Crippen molar-refractivity contribution in [2.24, 2.45) is 0 Å². The molecular formula is C26H25ClN4O2. The third kappa shape index (κ3) is 3.96. The first kappa shape index (κ1) is 21.5. The van der Waals surface area contributed by atoms with E-state index in [1.807, 2.05) is 84.9 Å². The molecule has 1 N–H and O–H groups in total. The standard InChI is InChI=1S/C26H25ClN4O2/c27-22-11-13-23(14-12-22)30-17-15-29(16-18-30)19-31-24(32)26(28-25(31)33,20-7-3-1-4-8-20)21-9-5-2-6-10-21/h1-14H,15-19H2,(H,28,33). The van der Waals surface area contributed by atoms with E-state index in [1.165, 1.54) is 4.90 Å². The van der Waals surface area contributed by atoms with E-state index in [0.717, 1.165) is 48.0 Å². The van der Waals surface area contributed by atoms with Crippen LogP contribution in [0.1, 0.15) is 11.1 Å². The fourth-order valence-electron chi connectivity index (χ4n) is 4.64. The molecule has 3 aromatic carbocycles. The molecule has 0 saturated carbocycles. The van der Waals surface area contributed by atoms with Crippen molar-refractivity contribution in [2.75, 3.05) is 37.7 Å². The number of hydrogen-bond donors (Lipinski definition) is 1. The van der Waals surface area contributed by atoms with Gasteiger partial charge in [-0.1, -0.05) is 72.3 Å². The zero-order valence-corrected chi connectivity index (χ0v) is 18.9. The van der Waals surface area contributed by atoms with Gasteiger partial charge >= 0.3 is 6.03 Å². The number of halogens is 1. The van der Waals surface area contributed by atoms with Gasteiger partial charge in [0.05, 0.1) is 6.67 Å². The number of piperazine rings is 1. The van der Waals surface area contributed by atoms with Gasteiger partial charge in [0.25, 0.3) is 5.91 Å². The van der Waals surface area contributed by atoms with Crippen molar-refractivity contribution in [1.29, 1.82) is 0 Å². The van der Waals surface area contributed by atoms with Gasteiger partial charge in [-0.15, -0.1) is 0 Å². The molecule has 2 aliphatic heterocycles. The number of hydrogen-bond acceptors (Lipinski definition) is 4. The second-order valence-corrected chi connectivity index (χ2v) is 8.80. The molecule has 2 saturated heterocycles. The van der Waals surface area contributed by atoms with E-state index in [4.69, 9.17) is 11.6 Å². The quantitative estimate of drug-likeness (QED) is 0.586. The minimum Gasteiger partial charge on any atom is -0.369 e. The van der Waals surface area contributed by atoms with Gasteiger partial charge in [-0.3, -0.25) is 9.69 Å². The summed E-state index contributed by atoms with van der Waals surface area (Å²) in [4.78, 5) is 32.7. The van der Waals surface area contributed by atoms with Crippen molar-refractivity contribution in [3.8, 4) is 0 Å². The van der Waals surface area contributed by atoms with Crippen LogP contribution in [0.4, 0.5) is 10.5 Å². The molecule has 3 amide bonds. The van der Waals surface area contributed by atoms with Crippen LogP contribution in [0.2, 0.25) is 5.02 Å². The summed E-state index contributed by atoms with van der Waals surface area (Å²) in [5.41, 5.74) is 1.42. The van der Waals surface area contributed by atoms with Crippen LogP contribution in [0.3, 0.4) is 0 Å². The molecule has 0 unspecified atom stereocenters. The lowest BCUT2D eigenvalue weighted by molar-refractivity contribution is -0.131. The Morgan fingerprint density at radius 2 is 1.30 bits per heavy atom. The third-order valence-corrected chi connectivity index (χ3v) is 6.68. The molecule has 2 fully saturated rings. The monoisotopic (exact) mass is 460 g/mol. The van der Waals surface area contributed by atoms with E-state index in [2.05, 4.69) is 15.1 Å². The van der Waals surface area contributed by atoms with Gasteiger partial charge in [0.15, 0.2) is 5.54 Å². The summed E-state index contributed by atoms with van der Waals surface area (Å²) in [6.07, 6.45) is 0. The van der Waals surface area contributed by atoms with Crippen LogP contribution < -0.4 is 10.2 Å². The number of urea groups is 1. The van der Waals surface area contributed by atoms with Crippen molar-refractivity contribution in [2.45, 2.75) is 5.54 Å². The lowest BCUT2D eigenvalue weighted by Crippen LogP contribution is -2.52. The molecule has 168 valence electrons. The largest absolute Gasteiger partial charge is 0.369 e. The smallest absolute Gasteiger partial charge is 0.326 e. The highest BCUT2D eigenvalue weighted by molar-refractivity contribution is 6.30. The van der Waals surface area contributed by atoms with Crippen LogP contribution in [0.15, 0.2) is 84.9 Å². The number of rotatable bonds is 5. The van der Waals surface area contributed by atoms with E-state index in [1.54, 1.807) is 0 Å². The van der Waals surface area contributed by atoms with Crippen molar-refractivity contribution in [1.82, 2.24) is 15.1 Å². The molecule has 0 bridgehead atoms. The van der Waals surface area contributed by atoms with Crippen LogP contribution >= 0.6 is 11.6 Å². The number of nitrogens with zero attached hydrogens (tertiary/aromatic N) is 3. The van der Waals surface area contributed by atoms with Gasteiger partial charge in [-0.05, 0) is 35.4 Å². The highest BCUT2D eigenvalue weighted by Crippen LogP contribution is 2.36. The maximum Gasteiger partial charge on any atom is 0.326 e. The molecule has 33 heavy (non-hydrogen) atoms. The molecule has 0 radical (unpaired) electrons.